The van der Waals surface area contributed by atoms with Gasteiger partial charge in [0.05, 0.1) is 16.6 Å². The normalized spacial score (nSPS) is 11.5. The van der Waals surface area contributed by atoms with Gasteiger partial charge >= 0.3 is 0 Å². The smallest absolute Gasteiger partial charge is 0.247 e. The lowest BCUT2D eigenvalue weighted by Gasteiger charge is -2.04. The molecule has 3 aromatic heterocycles. The van der Waals surface area contributed by atoms with Gasteiger partial charge in [-0.25, -0.2) is 0 Å². The van der Waals surface area contributed by atoms with E-state index >= 15 is 0 Å². The highest BCUT2D eigenvalue weighted by Gasteiger charge is 2.13. The maximum absolute atomic E-state index is 5.29. The summed E-state index contributed by atoms with van der Waals surface area (Å²) in [6, 6.07) is 10.3. The number of benzene rings is 1. The minimum Gasteiger partial charge on any atom is -0.423 e. The van der Waals surface area contributed by atoms with Crippen LogP contribution in [0.5, 0.6) is 0 Å². The van der Waals surface area contributed by atoms with Crippen LogP contribution in [0.25, 0.3) is 33.4 Å². The average Bonchev–Trinajstić information content (AvgIpc) is 3.15. The first kappa shape index (κ1) is 12.1. The van der Waals surface area contributed by atoms with Crippen LogP contribution >= 0.6 is 0 Å². The number of aromatic nitrogens is 4. The summed E-state index contributed by atoms with van der Waals surface area (Å²) < 4.78 is 7.60. The molecule has 104 valence electrons. The third kappa shape index (κ3) is 1.81. The van der Waals surface area contributed by atoms with Crippen molar-refractivity contribution in [1.82, 2.24) is 19.7 Å². The van der Waals surface area contributed by atoms with Crippen molar-refractivity contribution in [2.45, 2.75) is 19.9 Å². The first-order valence-electron chi connectivity index (χ1n) is 7.02. The van der Waals surface area contributed by atoms with Crippen LogP contribution in [-0.4, -0.2) is 19.7 Å². The standard InChI is InChI=1S/C16H14N4O/c1-2-8-20-13-6-5-11(16-19-18-10-21-16)9-12(13)15-14(20)4-3-7-17-15/h3-7,9-10H,2,8H2,1H3. The van der Waals surface area contributed by atoms with Gasteiger partial charge in [-0.1, -0.05) is 6.92 Å². The zero-order valence-corrected chi connectivity index (χ0v) is 11.7. The molecule has 5 nitrogen and oxygen atoms in total. The number of hydrogen-bond donors (Lipinski definition) is 0. The Morgan fingerprint density at radius 2 is 2.14 bits per heavy atom. The Morgan fingerprint density at radius 1 is 1.19 bits per heavy atom. The van der Waals surface area contributed by atoms with Crippen molar-refractivity contribution in [1.29, 1.82) is 0 Å². The SMILES string of the molecule is CCCn1c2ccc(-c3nnco3)cc2c2ncccc21. The van der Waals surface area contributed by atoms with Gasteiger partial charge in [0.15, 0.2) is 0 Å². The number of pyridine rings is 1. The first-order valence-corrected chi connectivity index (χ1v) is 7.02. The lowest BCUT2D eigenvalue weighted by Crippen LogP contribution is -1.95. The van der Waals surface area contributed by atoms with Gasteiger partial charge in [-0.2, -0.15) is 0 Å². The van der Waals surface area contributed by atoms with Gasteiger partial charge in [0.2, 0.25) is 12.3 Å². The van der Waals surface area contributed by atoms with Gasteiger partial charge in [0.25, 0.3) is 0 Å². The van der Waals surface area contributed by atoms with Crippen molar-refractivity contribution in [2.75, 3.05) is 0 Å². The van der Waals surface area contributed by atoms with Gasteiger partial charge in [0, 0.05) is 23.7 Å². The van der Waals surface area contributed by atoms with Crippen LogP contribution in [0.2, 0.25) is 0 Å². The minimum absolute atomic E-state index is 0.532. The molecule has 0 bridgehead atoms. The van der Waals surface area contributed by atoms with E-state index in [9.17, 15) is 0 Å². The van der Waals surface area contributed by atoms with Gasteiger partial charge in [-0.3, -0.25) is 4.98 Å². The molecule has 4 rings (SSSR count). The zero-order chi connectivity index (χ0) is 14.2. The number of fused-ring (bicyclic) bond motifs is 3. The molecule has 4 aromatic rings. The maximum atomic E-state index is 5.29. The van der Waals surface area contributed by atoms with E-state index in [1.807, 2.05) is 18.3 Å². The summed E-state index contributed by atoms with van der Waals surface area (Å²) in [6.07, 6.45) is 4.26. The molecule has 1 aromatic carbocycles. The first-order chi connectivity index (χ1) is 10.4. The molecule has 0 saturated heterocycles. The van der Waals surface area contributed by atoms with Crippen LogP contribution in [0, 0.1) is 0 Å². The molecule has 0 fully saturated rings. The monoisotopic (exact) mass is 278 g/mol. The lowest BCUT2D eigenvalue weighted by atomic mass is 10.1. The van der Waals surface area contributed by atoms with Crippen molar-refractivity contribution in [2.24, 2.45) is 0 Å². The summed E-state index contributed by atoms with van der Waals surface area (Å²) in [5.74, 6) is 0.532. The summed E-state index contributed by atoms with van der Waals surface area (Å²) >= 11 is 0. The van der Waals surface area contributed by atoms with E-state index < -0.39 is 0 Å². The van der Waals surface area contributed by atoms with Gasteiger partial charge in [-0.15, -0.1) is 10.2 Å². The third-order valence-corrected chi connectivity index (χ3v) is 3.67. The van der Waals surface area contributed by atoms with Crippen molar-refractivity contribution >= 4 is 21.9 Å². The van der Waals surface area contributed by atoms with Crippen LogP contribution in [-0.2, 0) is 6.54 Å². The Hall–Kier alpha value is -2.69. The number of aryl methyl sites for hydroxylation is 1. The third-order valence-electron chi connectivity index (χ3n) is 3.67. The largest absolute Gasteiger partial charge is 0.423 e. The van der Waals surface area contributed by atoms with Crippen LogP contribution in [0.15, 0.2) is 47.3 Å². The van der Waals surface area contributed by atoms with Gasteiger partial charge < -0.3 is 8.98 Å². The Balaban J connectivity index is 2.05. The zero-order valence-electron chi connectivity index (χ0n) is 11.7. The molecule has 0 amide bonds. The van der Waals surface area contributed by atoms with Crippen molar-refractivity contribution in [3.8, 4) is 11.5 Å². The number of hydrogen-bond acceptors (Lipinski definition) is 4. The quantitative estimate of drug-likeness (QED) is 0.574. The molecule has 0 radical (unpaired) electrons. The molecule has 0 N–H and O–H groups in total. The molecule has 0 aliphatic heterocycles. The van der Waals surface area contributed by atoms with Crippen LogP contribution < -0.4 is 0 Å². The van der Waals surface area contributed by atoms with Crippen molar-refractivity contribution in [3.63, 3.8) is 0 Å². The molecule has 0 aliphatic carbocycles. The molecule has 5 heteroatoms. The molecule has 0 aliphatic rings. The number of nitrogens with zero attached hydrogens (tertiary/aromatic N) is 4. The van der Waals surface area contributed by atoms with Crippen LogP contribution in [0.3, 0.4) is 0 Å². The molecule has 0 unspecified atom stereocenters. The summed E-state index contributed by atoms with van der Waals surface area (Å²) in [7, 11) is 0. The highest BCUT2D eigenvalue weighted by atomic mass is 16.4. The van der Waals surface area contributed by atoms with E-state index in [0.29, 0.717) is 5.89 Å². The van der Waals surface area contributed by atoms with E-state index in [4.69, 9.17) is 4.42 Å². The molecule has 3 heterocycles. The van der Waals surface area contributed by atoms with Crippen molar-refractivity contribution in [3.05, 3.63) is 42.9 Å². The molecule has 0 spiro atoms. The molecule has 0 saturated carbocycles. The van der Waals surface area contributed by atoms with Crippen LogP contribution in [0.1, 0.15) is 13.3 Å². The van der Waals surface area contributed by atoms with E-state index in [0.717, 1.165) is 34.9 Å². The molecular formula is C16H14N4O. The Kier molecular flexibility index (Phi) is 2.70. The summed E-state index contributed by atoms with van der Waals surface area (Å²) in [5.41, 5.74) is 4.29. The number of rotatable bonds is 3. The predicted molar refractivity (Wildman–Crippen MR) is 80.8 cm³/mol. The van der Waals surface area contributed by atoms with Crippen LogP contribution in [0.4, 0.5) is 0 Å². The van der Waals surface area contributed by atoms with Gasteiger partial charge in [0.1, 0.15) is 0 Å². The Bertz CT molecular complexity index is 909. The van der Waals surface area contributed by atoms with E-state index in [-0.39, 0.29) is 0 Å². The fourth-order valence-electron chi connectivity index (χ4n) is 2.81. The maximum Gasteiger partial charge on any atom is 0.247 e. The fraction of sp³-hybridized carbons (Fsp3) is 0.188. The van der Waals surface area contributed by atoms with Gasteiger partial charge in [-0.05, 0) is 36.8 Å². The van der Waals surface area contributed by atoms with E-state index in [1.165, 1.54) is 11.9 Å². The second kappa shape index (κ2) is 4.70. The summed E-state index contributed by atoms with van der Waals surface area (Å²) in [5, 5.41) is 8.83. The lowest BCUT2D eigenvalue weighted by molar-refractivity contribution is 0.569. The highest BCUT2D eigenvalue weighted by Crippen LogP contribution is 2.31. The van der Waals surface area contributed by atoms with E-state index in [1.54, 1.807) is 0 Å². The molecule has 21 heavy (non-hydrogen) atoms. The molecular weight excluding hydrogens is 264 g/mol. The molecule has 0 atom stereocenters. The Morgan fingerprint density at radius 3 is 2.95 bits per heavy atom. The highest BCUT2D eigenvalue weighted by molar-refractivity contribution is 6.06. The predicted octanol–water partition coefficient (Wildman–Crippen LogP) is 3.65. The summed E-state index contributed by atoms with van der Waals surface area (Å²) in [4.78, 5) is 4.55. The fourth-order valence-corrected chi connectivity index (χ4v) is 2.81. The second-order valence-electron chi connectivity index (χ2n) is 5.00. The van der Waals surface area contributed by atoms with E-state index in [2.05, 4.69) is 44.9 Å². The second-order valence-corrected chi connectivity index (χ2v) is 5.00. The minimum atomic E-state index is 0.532. The summed E-state index contributed by atoms with van der Waals surface area (Å²) in [6.45, 7) is 3.16. The average molecular weight is 278 g/mol. The topological polar surface area (TPSA) is 56.7 Å². The van der Waals surface area contributed by atoms with Crippen molar-refractivity contribution < 1.29 is 4.42 Å². The Labute approximate surface area is 121 Å².